The Kier molecular flexibility index (Phi) is 8.77. The highest BCUT2D eigenvalue weighted by Crippen LogP contribution is 2.30. The number of ether oxygens (including phenoxy) is 1. The number of piperidine rings is 1. The summed E-state index contributed by atoms with van der Waals surface area (Å²) < 4.78 is 61.1. The van der Waals surface area contributed by atoms with E-state index < -0.39 is 26.0 Å². The van der Waals surface area contributed by atoms with E-state index in [9.17, 15) is 21.6 Å². The van der Waals surface area contributed by atoms with Gasteiger partial charge in [-0.1, -0.05) is 30.1 Å². The fourth-order valence-electron chi connectivity index (χ4n) is 4.09. The van der Waals surface area contributed by atoms with Gasteiger partial charge >= 0.3 is 0 Å². The minimum absolute atomic E-state index is 0.00335. The fourth-order valence-corrected chi connectivity index (χ4v) is 7.18. The molecule has 1 saturated heterocycles. The first-order valence-electron chi connectivity index (χ1n) is 12.0. The molecule has 208 valence electrons. The minimum Gasteiger partial charge on any atom is -0.496 e. The summed E-state index contributed by atoms with van der Waals surface area (Å²) in [6, 6.07) is 14.0. The summed E-state index contributed by atoms with van der Waals surface area (Å²) in [6.45, 7) is 2.93. The summed E-state index contributed by atoms with van der Waals surface area (Å²) in [5.41, 5.74) is 0.489. The van der Waals surface area contributed by atoms with Gasteiger partial charge in [-0.05, 0) is 79.4 Å². The number of carbonyl (C=O) groups excluding carboxylic acids is 1. The van der Waals surface area contributed by atoms with Gasteiger partial charge in [-0.2, -0.15) is 4.31 Å². The first-order chi connectivity index (χ1) is 18.4. The van der Waals surface area contributed by atoms with Gasteiger partial charge in [0.1, 0.15) is 5.75 Å². The molecule has 2 N–H and O–H groups in total. The number of anilines is 2. The van der Waals surface area contributed by atoms with Crippen LogP contribution in [0.4, 0.5) is 11.4 Å². The van der Waals surface area contributed by atoms with Crippen LogP contribution in [-0.2, 0) is 20.0 Å². The van der Waals surface area contributed by atoms with E-state index in [0.717, 1.165) is 12.8 Å². The molecule has 39 heavy (non-hydrogen) atoms. The molecule has 0 bridgehead atoms. The van der Waals surface area contributed by atoms with E-state index >= 15 is 0 Å². The average Bonchev–Trinajstić information content (AvgIpc) is 2.90. The van der Waals surface area contributed by atoms with E-state index in [2.05, 4.69) is 17.0 Å². The Morgan fingerprint density at radius 1 is 0.923 bits per heavy atom. The molecule has 3 aromatic carbocycles. The van der Waals surface area contributed by atoms with E-state index in [1.807, 2.05) is 0 Å². The van der Waals surface area contributed by atoms with Crippen LogP contribution in [0.25, 0.3) is 0 Å². The second-order valence-electron chi connectivity index (χ2n) is 9.16. The molecule has 0 aromatic heterocycles. The average molecular weight is 613 g/mol. The van der Waals surface area contributed by atoms with E-state index in [1.54, 1.807) is 0 Å². The van der Waals surface area contributed by atoms with Crippen LogP contribution in [0.1, 0.15) is 30.1 Å². The summed E-state index contributed by atoms with van der Waals surface area (Å²) in [4.78, 5) is 13.1. The number of carbonyl (C=O) groups is 1. The number of nitrogens with one attached hydrogen (secondary N) is 2. The predicted molar refractivity (Wildman–Crippen MR) is 152 cm³/mol. The van der Waals surface area contributed by atoms with Crippen LogP contribution in [-0.4, -0.2) is 47.2 Å². The lowest BCUT2D eigenvalue weighted by Crippen LogP contribution is -2.37. The zero-order valence-corrected chi connectivity index (χ0v) is 24.3. The molecule has 1 aliphatic heterocycles. The third-order valence-electron chi connectivity index (χ3n) is 6.39. The van der Waals surface area contributed by atoms with Gasteiger partial charge in [0.25, 0.3) is 15.9 Å². The molecule has 3 aromatic rings. The van der Waals surface area contributed by atoms with Crippen LogP contribution in [0.5, 0.6) is 5.75 Å². The molecule has 9 nitrogen and oxygen atoms in total. The fraction of sp³-hybridized carbons (Fsp3) is 0.269. The minimum atomic E-state index is -3.97. The highest BCUT2D eigenvalue weighted by molar-refractivity contribution is 7.92. The van der Waals surface area contributed by atoms with Crippen LogP contribution in [0, 0.1) is 5.92 Å². The van der Waals surface area contributed by atoms with E-state index in [4.69, 9.17) is 27.9 Å². The number of sulfonamides is 2. The second kappa shape index (κ2) is 11.7. The lowest BCUT2D eigenvalue weighted by atomic mass is 10.0. The highest BCUT2D eigenvalue weighted by atomic mass is 35.5. The quantitative estimate of drug-likeness (QED) is 0.348. The SMILES string of the molecule is COc1ccc(S(=O)(=O)N2CCC(C)CC2)cc1C(=O)Nc1ccc(S(=O)(=O)Nc2ccc(Cl)cc2Cl)cc1. The first kappa shape index (κ1) is 29.2. The van der Waals surface area contributed by atoms with Crippen LogP contribution < -0.4 is 14.8 Å². The number of rotatable bonds is 8. The normalized spacial score (nSPS) is 15.1. The zero-order valence-electron chi connectivity index (χ0n) is 21.1. The van der Waals surface area contributed by atoms with Crippen molar-refractivity contribution >= 4 is 60.5 Å². The van der Waals surface area contributed by atoms with Crippen molar-refractivity contribution in [2.45, 2.75) is 29.6 Å². The maximum absolute atomic E-state index is 13.2. The molecular formula is C26H27Cl2N3O6S2. The Balaban J connectivity index is 1.52. The Morgan fingerprint density at radius 3 is 2.18 bits per heavy atom. The Labute approximate surface area is 238 Å². The molecule has 0 saturated carbocycles. The number of methoxy groups -OCH3 is 1. The first-order valence-corrected chi connectivity index (χ1v) is 15.7. The summed E-state index contributed by atoms with van der Waals surface area (Å²) in [7, 11) is -6.38. The van der Waals surface area contributed by atoms with E-state index in [1.165, 1.54) is 72.1 Å². The van der Waals surface area contributed by atoms with E-state index in [-0.39, 0.29) is 31.8 Å². The highest BCUT2D eigenvalue weighted by Gasteiger charge is 2.29. The van der Waals surface area contributed by atoms with Gasteiger partial charge in [-0.3, -0.25) is 9.52 Å². The van der Waals surface area contributed by atoms with E-state index in [0.29, 0.717) is 29.7 Å². The Hall–Kier alpha value is -2.83. The second-order valence-corrected chi connectivity index (χ2v) is 13.6. The molecule has 13 heteroatoms. The third-order valence-corrected chi connectivity index (χ3v) is 10.2. The molecule has 0 radical (unpaired) electrons. The number of hydrogen-bond acceptors (Lipinski definition) is 6. The molecule has 1 aliphatic rings. The predicted octanol–water partition coefficient (Wildman–Crippen LogP) is 5.48. The Morgan fingerprint density at radius 2 is 1.56 bits per heavy atom. The molecule has 4 rings (SSSR count). The number of amides is 1. The lowest BCUT2D eigenvalue weighted by molar-refractivity contribution is 0.102. The maximum atomic E-state index is 13.2. The maximum Gasteiger partial charge on any atom is 0.261 e. The van der Waals surface area contributed by atoms with Crippen molar-refractivity contribution in [3.8, 4) is 5.75 Å². The third kappa shape index (κ3) is 6.67. The van der Waals surface area contributed by atoms with Crippen LogP contribution >= 0.6 is 23.2 Å². The van der Waals surface area contributed by atoms with Crippen molar-refractivity contribution in [1.29, 1.82) is 0 Å². The number of hydrogen-bond donors (Lipinski definition) is 2. The molecule has 1 amide bonds. The summed E-state index contributed by atoms with van der Waals surface area (Å²) in [5, 5.41) is 3.17. The van der Waals surface area contributed by atoms with Gasteiger partial charge in [-0.25, -0.2) is 16.8 Å². The summed E-state index contributed by atoms with van der Waals surface area (Å²) in [6.07, 6.45) is 1.55. The van der Waals surface area contributed by atoms with Crippen molar-refractivity contribution < 1.29 is 26.4 Å². The molecule has 0 unspecified atom stereocenters. The molecule has 0 atom stereocenters. The van der Waals surface area contributed by atoms with Crippen LogP contribution in [0.15, 0.2) is 70.5 Å². The molecule has 1 heterocycles. The monoisotopic (exact) mass is 611 g/mol. The van der Waals surface area contributed by atoms with Gasteiger partial charge in [0.05, 0.1) is 33.2 Å². The lowest BCUT2D eigenvalue weighted by Gasteiger charge is -2.29. The van der Waals surface area contributed by atoms with Gasteiger partial charge in [0.15, 0.2) is 0 Å². The Bertz CT molecular complexity index is 1590. The molecule has 1 fully saturated rings. The van der Waals surface area contributed by atoms with Crippen molar-refractivity contribution in [3.63, 3.8) is 0 Å². The molecule has 0 aliphatic carbocycles. The largest absolute Gasteiger partial charge is 0.496 e. The molecule has 0 spiro atoms. The smallest absolute Gasteiger partial charge is 0.261 e. The van der Waals surface area contributed by atoms with Crippen molar-refractivity contribution in [2.75, 3.05) is 30.2 Å². The zero-order chi connectivity index (χ0) is 28.4. The number of halogens is 2. The summed E-state index contributed by atoms with van der Waals surface area (Å²) >= 11 is 11.9. The van der Waals surface area contributed by atoms with Gasteiger partial charge in [0.2, 0.25) is 10.0 Å². The summed E-state index contributed by atoms with van der Waals surface area (Å²) in [5.74, 6) is 0.0425. The van der Waals surface area contributed by atoms with Crippen molar-refractivity contribution in [3.05, 3.63) is 76.3 Å². The number of nitrogens with zero attached hydrogens (tertiary/aromatic N) is 1. The van der Waals surface area contributed by atoms with Crippen molar-refractivity contribution in [1.82, 2.24) is 4.31 Å². The van der Waals surface area contributed by atoms with Gasteiger partial charge in [-0.15, -0.1) is 0 Å². The van der Waals surface area contributed by atoms with Crippen LogP contribution in [0.2, 0.25) is 10.0 Å². The topological polar surface area (TPSA) is 122 Å². The molecular weight excluding hydrogens is 585 g/mol. The van der Waals surface area contributed by atoms with Gasteiger partial charge in [0, 0.05) is 23.8 Å². The van der Waals surface area contributed by atoms with Gasteiger partial charge < -0.3 is 10.1 Å². The van der Waals surface area contributed by atoms with Crippen LogP contribution in [0.3, 0.4) is 0 Å². The standard InChI is InChI=1S/C26H27Cl2N3O6S2/c1-17-11-13-31(14-12-17)39(35,36)21-8-10-25(37-2)22(16-21)26(32)29-19-4-6-20(7-5-19)38(33,34)30-24-9-3-18(27)15-23(24)28/h3-10,15-17,30H,11-14H2,1-2H3,(H,29,32). The van der Waals surface area contributed by atoms with Crippen molar-refractivity contribution in [2.24, 2.45) is 5.92 Å². The number of benzene rings is 3.